The number of rotatable bonds is 0. The number of hydrogen-bond acceptors (Lipinski definition) is 4. The number of esters is 1. The van der Waals surface area contributed by atoms with Crippen molar-refractivity contribution in [2.45, 2.75) is 18.4 Å². The highest BCUT2D eigenvalue weighted by molar-refractivity contribution is 5.92. The van der Waals surface area contributed by atoms with Crippen molar-refractivity contribution in [1.29, 1.82) is 0 Å². The Kier molecular flexibility index (Phi) is 2.86. The van der Waals surface area contributed by atoms with Gasteiger partial charge in [-0.1, -0.05) is 6.07 Å². The molecule has 1 saturated heterocycles. The average molecular weight is 241 g/mol. The summed E-state index contributed by atoms with van der Waals surface area (Å²) in [5.74, 6) is -0.271. The van der Waals surface area contributed by atoms with E-state index in [-0.39, 0.29) is 18.4 Å². The van der Waals surface area contributed by atoms with Crippen LogP contribution in [0.25, 0.3) is 0 Å². The summed E-state index contributed by atoms with van der Waals surface area (Å²) in [4.78, 5) is 15.7. The Morgan fingerprint density at radius 3 is 2.88 bits per heavy atom. The largest absolute Gasteiger partial charge is 0.449 e. The number of nitrogens with one attached hydrogen (secondary N) is 1. The fraction of sp³-hybridized carbons (Fsp3) is 0.455. The summed E-state index contributed by atoms with van der Waals surface area (Å²) in [7, 11) is 0. The van der Waals surface area contributed by atoms with E-state index in [1.54, 1.807) is 6.20 Å². The van der Waals surface area contributed by atoms with E-state index in [0.717, 1.165) is 31.5 Å². The van der Waals surface area contributed by atoms with Gasteiger partial charge in [0, 0.05) is 24.6 Å². The Morgan fingerprint density at radius 2 is 2.12 bits per heavy atom. The van der Waals surface area contributed by atoms with Crippen LogP contribution in [-0.4, -0.2) is 24.0 Å². The molecule has 86 valence electrons. The predicted molar refractivity (Wildman–Crippen MR) is 60.7 cm³/mol. The SMILES string of the molecule is Cl.O=C1OC2(CCNCC2)c2cccnc21. The summed E-state index contributed by atoms with van der Waals surface area (Å²) in [5.41, 5.74) is 1.07. The number of hydrogen-bond donors (Lipinski definition) is 1. The van der Waals surface area contributed by atoms with E-state index in [4.69, 9.17) is 4.74 Å². The van der Waals surface area contributed by atoms with Crippen LogP contribution in [0, 0.1) is 0 Å². The highest BCUT2D eigenvalue weighted by Crippen LogP contribution is 2.41. The van der Waals surface area contributed by atoms with E-state index in [2.05, 4.69) is 10.3 Å². The van der Waals surface area contributed by atoms with Gasteiger partial charge in [-0.2, -0.15) is 0 Å². The van der Waals surface area contributed by atoms with Gasteiger partial charge in [0.25, 0.3) is 0 Å². The van der Waals surface area contributed by atoms with Crippen molar-refractivity contribution in [2.75, 3.05) is 13.1 Å². The molecule has 3 rings (SSSR count). The molecule has 0 bridgehead atoms. The third-order valence-electron chi connectivity index (χ3n) is 3.19. The Labute approximate surface area is 99.8 Å². The molecular formula is C11H13ClN2O2. The molecule has 2 aliphatic rings. The first-order chi connectivity index (χ1) is 7.32. The second kappa shape index (κ2) is 4.03. The van der Waals surface area contributed by atoms with Crippen LogP contribution >= 0.6 is 12.4 Å². The average Bonchev–Trinajstić information content (AvgIpc) is 2.55. The van der Waals surface area contributed by atoms with Crippen LogP contribution in [0.15, 0.2) is 18.3 Å². The van der Waals surface area contributed by atoms with Gasteiger partial charge in [0.1, 0.15) is 5.60 Å². The van der Waals surface area contributed by atoms with E-state index in [1.165, 1.54) is 0 Å². The van der Waals surface area contributed by atoms with E-state index >= 15 is 0 Å². The number of halogens is 1. The number of fused-ring (bicyclic) bond motifs is 2. The fourth-order valence-corrected chi connectivity index (χ4v) is 2.42. The third kappa shape index (κ3) is 1.49. The molecule has 1 spiro atoms. The molecule has 1 aromatic rings. The van der Waals surface area contributed by atoms with E-state index < -0.39 is 5.60 Å². The van der Waals surface area contributed by atoms with Crippen LogP contribution in [0.2, 0.25) is 0 Å². The molecule has 16 heavy (non-hydrogen) atoms. The number of ether oxygens (including phenoxy) is 1. The summed E-state index contributed by atoms with van der Waals surface area (Å²) in [5, 5.41) is 3.27. The topological polar surface area (TPSA) is 51.2 Å². The van der Waals surface area contributed by atoms with Crippen LogP contribution in [0.4, 0.5) is 0 Å². The van der Waals surface area contributed by atoms with Crippen molar-refractivity contribution in [2.24, 2.45) is 0 Å². The molecule has 2 aliphatic heterocycles. The highest BCUT2D eigenvalue weighted by atomic mass is 35.5. The van der Waals surface area contributed by atoms with Crippen LogP contribution in [0.5, 0.6) is 0 Å². The summed E-state index contributed by atoms with van der Waals surface area (Å²) in [6, 6.07) is 3.82. The van der Waals surface area contributed by atoms with Gasteiger partial charge in [-0.15, -0.1) is 12.4 Å². The predicted octanol–water partition coefficient (Wildman–Crippen LogP) is 1.25. The van der Waals surface area contributed by atoms with Crippen molar-refractivity contribution >= 4 is 18.4 Å². The number of carbonyl (C=O) groups excluding carboxylic acids is 1. The van der Waals surface area contributed by atoms with Crippen molar-refractivity contribution in [3.63, 3.8) is 0 Å². The smallest absolute Gasteiger partial charge is 0.358 e. The fourth-order valence-electron chi connectivity index (χ4n) is 2.42. The van der Waals surface area contributed by atoms with Crippen molar-refractivity contribution in [1.82, 2.24) is 10.3 Å². The minimum atomic E-state index is -0.397. The molecule has 5 heteroatoms. The molecule has 1 fully saturated rings. The van der Waals surface area contributed by atoms with Crippen LogP contribution in [0.1, 0.15) is 28.9 Å². The Bertz CT molecular complexity index is 416. The maximum atomic E-state index is 11.6. The third-order valence-corrected chi connectivity index (χ3v) is 3.19. The highest BCUT2D eigenvalue weighted by Gasteiger charge is 2.46. The number of nitrogens with zero attached hydrogens (tertiary/aromatic N) is 1. The zero-order chi connectivity index (χ0) is 10.3. The van der Waals surface area contributed by atoms with Gasteiger partial charge < -0.3 is 10.1 Å². The maximum Gasteiger partial charge on any atom is 0.358 e. The molecule has 0 aromatic carbocycles. The summed E-state index contributed by atoms with van der Waals surface area (Å²) >= 11 is 0. The maximum absolute atomic E-state index is 11.6. The van der Waals surface area contributed by atoms with Gasteiger partial charge >= 0.3 is 5.97 Å². The van der Waals surface area contributed by atoms with Gasteiger partial charge in [0.2, 0.25) is 0 Å². The first-order valence-corrected chi connectivity index (χ1v) is 5.21. The molecule has 0 radical (unpaired) electrons. The number of piperidine rings is 1. The normalized spacial score (nSPS) is 21.1. The monoisotopic (exact) mass is 240 g/mol. The molecule has 0 unspecified atom stereocenters. The number of pyridine rings is 1. The van der Waals surface area contributed by atoms with E-state index in [9.17, 15) is 4.79 Å². The van der Waals surface area contributed by atoms with Gasteiger partial charge in [0.15, 0.2) is 5.69 Å². The van der Waals surface area contributed by atoms with Crippen LogP contribution in [0.3, 0.4) is 0 Å². The van der Waals surface area contributed by atoms with Gasteiger partial charge in [-0.3, -0.25) is 0 Å². The molecule has 1 aromatic heterocycles. The molecule has 1 N–H and O–H groups in total. The lowest BCUT2D eigenvalue weighted by molar-refractivity contribution is -0.0242. The minimum Gasteiger partial charge on any atom is -0.449 e. The Hall–Kier alpha value is -1.13. The van der Waals surface area contributed by atoms with Crippen LogP contribution < -0.4 is 5.32 Å². The summed E-state index contributed by atoms with van der Waals surface area (Å²) in [6.45, 7) is 1.78. The van der Waals surface area contributed by atoms with E-state index in [1.807, 2.05) is 12.1 Å². The molecular weight excluding hydrogens is 228 g/mol. The van der Waals surface area contributed by atoms with Gasteiger partial charge in [0.05, 0.1) is 0 Å². The molecule has 4 nitrogen and oxygen atoms in total. The first-order valence-electron chi connectivity index (χ1n) is 5.21. The summed E-state index contributed by atoms with van der Waals surface area (Å²) in [6.07, 6.45) is 3.33. The quantitative estimate of drug-likeness (QED) is 0.694. The number of carbonyl (C=O) groups is 1. The zero-order valence-electron chi connectivity index (χ0n) is 8.73. The van der Waals surface area contributed by atoms with Gasteiger partial charge in [-0.25, -0.2) is 9.78 Å². The van der Waals surface area contributed by atoms with E-state index in [0.29, 0.717) is 5.69 Å². The lowest BCUT2D eigenvalue weighted by Gasteiger charge is -2.32. The Balaban J connectivity index is 0.000000963. The molecule has 3 heterocycles. The second-order valence-corrected chi connectivity index (χ2v) is 4.03. The summed E-state index contributed by atoms with van der Waals surface area (Å²) < 4.78 is 5.52. The lowest BCUT2D eigenvalue weighted by atomic mass is 9.86. The molecule has 0 aliphatic carbocycles. The van der Waals surface area contributed by atoms with Crippen molar-refractivity contribution in [3.8, 4) is 0 Å². The lowest BCUT2D eigenvalue weighted by Crippen LogP contribution is -2.39. The molecule has 0 saturated carbocycles. The standard InChI is InChI=1S/C11H12N2O2.ClH/c14-10-9-8(2-1-5-13-9)11(15-10)3-6-12-7-4-11;/h1-2,5,12H,3-4,6-7H2;1H. The molecule has 0 amide bonds. The van der Waals surface area contributed by atoms with Crippen molar-refractivity contribution in [3.05, 3.63) is 29.6 Å². The minimum absolute atomic E-state index is 0. The van der Waals surface area contributed by atoms with Gasteiger partial charge in [-0.05, 0) is 19.2 Å². The van der Waals surface area contributed by atoms with Crippen molar-refractivity contribution < 1.29 is 9.53 Å². The number of aromatic nitrogens is 1. The first kappa shape index (κ1) is 11.4. The Morgan fingerprint density at radius 1 is 1.38 bits per heavy atom. The zero-order valence-corrected chi connectivity index (χ0v) is 9.55. The second-order valence-electron chi connectivity index (χ2n) is 4.03. The molecule has 0 atom stereocenters. The van der Waals surface area contributed by atoms with Crippen LogP contribution in [-0.2, 0) is 10.3 Å².